The molecule has 0 amide bonds. The second kappa shape index (κ2) is 2.98. The first-order valence-corrected chi connectivity index (χ1v) is 3.18. The molecular formula is C2H6O5S. The van der Waals surface area contributed by atoms with Crippen LogP contribution in [0.5, 0.6) is 0 Å². The second-order valence-corrected chi connectivity index (χ2v) is 2.09. The van der Waals surface area contributed by atoms with E-state index >= 15 is 0 Å². The molecule has 1 N–H and O–H groups in total. The van der Waals surface area contributed by atoms with Gasteiger partial charge in [0.05, 0.1) is 6.61 Å². The standard InChI is InChI=1S/C2H6O5S/c1-2-6-8(4,5)7-3/h3H,2H2,1H3. The van der Waals surface area contributed by atoms with Crippen LogP contribution in [0.15, 0.2) is 0 Å². The average molecular weight is 142 g/mol. The third-order valence-electron chi connectivity index (χ3n) is 0.353. The molecule has 0 aliphatic rings. The summed E-state index contributed by atoms with van der Waals surface area (Å²) in [6, 6.07) is 0. The first kappa shape index (κ1) is 7.83. The third-order valence-corrected chi connectivity index (χ3v) is 1.06. The molecule has 8 heavy (non-hydrogen) atoms. The maximum absolute atomic E-state index is 9.90. The van der Waals surface area contributed by atoms with Gasteiger partial charge in [-0.15, -0.1) is 0 Å². The van der Waals surface area contributed by atoms with Crippen LogP contribution in [0.3, 0.4) is 0 Å². The van der Waals surface area contributed by atoms with Gasteiger partial charge in [0, 0.05) is 0 Å². The van der Waals surface area contributed by atoms with Crippen LogP contribution in [-0.2, 0) is 18.9 Å². The van der Waals surface area contributed by atoms with E-state index in [0.29, 0.717) is 0 Å². The molecular weight excluding hydrogens is 136 g/mol. The summed E-state index contributed by atoms with van der Waals surface area (Å²) in [5.74, 6) is 0. The summed E-state index contributed by atoms with van der Waals surface area (Å²) in [5.41, 5.74) is 0. The van der Waals surface area contributed by atoms with Gasteiger partial charge in [0.15, 0.2) is 0 Å². The Morgan fingerprint density at radius 3 is 2.25 bits per heavy atom. The molecule has 0 saturated carbocycles. The summed E-state index contributed by atoms with van der Waals surface area (Å²) in [6.07, 6.45) is 0. The molecule has 0 aliphatic carbocycles. The molecule has 0 aromatic heterocycles. The first-order valence-electron chi connectivity index (χ1n) is 1.85. The van der Waals surface area contributed by atoms with Crippen molar-refractivity contribution in [2.75, 3.05) is 6.61 Å². The van der Waals surface area contributed by atoms with E-state index in [0.717, 1.165) is 0 Å². The summed E-state index contributed by atoms with van der Waals surface area (Å²) in [6.45, 7) is 1.40. The van der Waals surface area contributed by atoms with Gasteiger partial charge in [0.2, 0.25) is 0 Å². The Hall–Kier alpha value is -0.170. The van der Waals surface area contributed by atoms with Crippen LogP contribution in [0.25, 0.3) is 0 Å². The summed E-state index contributed by atoms with van der Waals surface area (Å²) in [4.78, 5) is 0. The van der Waals surface area contributed by atoms with Crippen molar-refractivity contribution in [1.82, 2.24) is 0 Å². The Morgan fingerprint density at radius 2 is 2.12 bits per heavy atom. The van der Waals surface area contributed by atoms with Gasteiger partial charge < -0.3 is 0 Å². The fourth-order valence-corrected chi connectivity index (χ4v) is 0.498. The molecule has 0 heterocycles. The van der Waals surface area contributed by atoms with Crippen LogP contribution < -0.4 is 0 Å². The van der Waals surface area contributed by atoms with Crippen molar-refractivity contribution >= 4 is 10.4 Å². The quantitative estimate of drug-likeness (QED) is 0.434. The maximum Gasteiger partial charge on any atom is 0.426 e. The van der Waals surface area contributed by atoms with E-state index in [2.05, 4.69) is 8.52 Å². The molecule has 50 valence electrons. The van der Waals surface area contributed by atoms with Crippen molar-refractivity contribution in [3.05, 3.63) is 0 Å². The van der Waals surface area contributed by atoms with Crippen LogP contribution in [0.4, 0.5) is 0 Å². The molecule has 0 radical (unpaired) electrons. The van der Waals surface area contributed by atoms with Crippen LogP contribution in [-0.4, -0.2) is 20.3 Å². The van der Waals surface area contributed by atoms with Gasteiger partial charge in [-0.2, -0.15) is 8.42 Å². The van der Waals surface area contributed by atoms with Crippen molar-refractivity contribution in [1.29, 1.82) is 0 Å². The minimum absolute atomic E-state index is 0.0527. The summed E-state index contributed by atoms with van der Waals surface area (Å²) in [7, 11) is -4.11. The Balaban J connectivity index is 3.76. The van der Waals surface area contributed by atoms with Gasteiger partial charge in [0.25, 0.3) is 0 Å². The SMILES string of the molecule is CCOS(=O)(=O)OO. The van der Waals surface area contributed by atoms with E-state index in [1.54, 1.807) is 0 Å². The molecule has 0 rings (SSSR count). The average Bonchev–Trinajstić information content (AvgIpc) is 1.67. The highest BCUT2D eigenvalue weighted by Crippen LogP contribution is 1.89. The molecule has 0 aromatic carbocycles. The highest BCUT2D eigenvalue weighted by Gasteiger charge is 2.07. The largest absolute Gasteiger partial charge is 0.426 e. The molecule has 0 aliphatic heterocycles. The fourth-order valence-electron chi connectivity index (χ4n) is 0.166. The van der Waals surface area contributed by atoms with Gasteiger partial charge in [-0.3, -0.25) is 0 Å². The molecule has 0 aromatic rings. The Bertz CT molecular complexity index is 135. The predicted octanol–water partition coefficient (Wildman–Crippen LogP) is -0.243. The van der Waals surface area contributed by atoms with Gasteiger partial charge in [-0.25, -0.2) is 9.44 Å². The van der Waals surface area contributed by atoms with Crippen LogP contribution in [0.1, 0.15) is 6.92 Å². The van der Waals surface area contributed by atoms with E-state index in [-0.39, 0.29) is 6.61 Å². The maximum atomic E-state index is 9.90. The Kier molecular flexibility index (Phi) is 2.91. The lowest BCUT2D eigenvalue weighted by atomic mass is 10.9. The van der Waals surface area contributed by atoms with Gasteiger partial charge in [-0.1, -0.05) is 4.33 Å². The summed E-state index contributed by atoms with van der Waals surface area (Å²) < 4.78 is 26.6. The van der Waals surface area contributed by atoms with E-state index in [1.807, 2.05) is 0 Å². The van der Waals surface area contributed by atoms with Crippen molar-refractivity contribution in [3.63, 3.8) is 0 Å². The lowest BCUT2D eigenvalue weighted by Crippen LogP contribution is -2.06. The van der Waals surface area contributed by atoms with E-state index in [9.17, 15) is 8.42 Å². The highest BCUT2D eigenvalue weighted by atomic mass is 32.3. The molecule has 0 atom stereocenters. The van der Waals surface area contributed by atoms with Gasteiger partial charge in [0.1, 0.15) is 0 Å². The molecule has 0 bridgehead atoms. The van der Waals surface area contributed by atoms with Crippen molar-refractivity contribution in [2.24, 2.45) is 0 Å². The normalized spacial score (nSPS) is 11.8. The molecule has 0 saturated heterocycles. The van der Waals surface area contributed by atoms with Crippen molar-refractivity contribution in [3.8, 4) is 0 Å². The Labute approximate surface area is 47.1 Å². The zero-order valence-corrected chi connectivity index (χ0v) is 5.01. The van der Waals surface area contributed by atoms with E-state index < -0.39 is 10.4 Å². The Morgan fingerprint density at radius 1 is 1.62 bits per heavy atom. The van der Waals surface area contributed by atoms with Crippen LogP contribution >= 0.6 is 0 Å². The minimum Gasteiger partial charge on any atom is -0.247 e. The highest BCUT2D eigenvalue weighted by molar-refractivity contribution is 7.81. The minimum atomic E-state index is -4.11. The van der Waals surface area contributed by atoms with Crippen molar-refractivity contribution < 1.29 is 22.2 Å². The number of hydrogen-bond acceptors (Lipinski definition) is 5. The van der Waals surface area contributed by atoms with Gasteiger partial charge in [-0.05, 0) is 6.92 Å². The topological polar surface area (TPSA) is 72.8 Å². The zero-order valence-electron chi connectivity index (χ0n) is 4.20. The molecule has 0 fully saturated rings. The second-order valence-electron chi connectivity index (χ2n) is 0.889. The third kappa shape index (κ3) is 2.92. The zero-order chi connectivity index (χ0) is 6.62. The summed E-state index contributed by atoms with van der Waals surface area (Å²) >= 11 is 0. The molecule has 0 spiro atoms. The van der Waals surface area contributed by atoms with E-state index in [4.69, 9.17) is 5.26 Å². The lowest BCUT2D eigenvalue weighted by molar-refractivity contribution is -0.142. The first-order chi connectivity index (χ1) is 3.62. The monoisotopic (exact) mass is 142 g/mol. The molecule has 6 heteroatoms. The summed E-state index contributed by atoms with van der Waals surface area (Å²) in [5, 5.41) is 7.51. The molecule has 0 unspecified atom stereocenters. The van der Waals surface area contributed by atoms with E-state index in [1.165, 1.54) is 6.92 Å². The van der Waals surface area contributed by atoms with Crippen molar-refractivity contribution in [2.45, 2.75) is 6.92 Å². The fraction of sp³-hybridized carbons (Fsp3) is 1.00. The smallest absolute Gasteiger partial charge is 0.247 e. The van der Waals surface area contributed by atoms with Crippen LogP contribution in [0, 0.1) is 0 Å². The van der Waals surface area contributed by atoms with Gasteiger partial charge >= 0.3 is 10.4 Å². The number of rotatable bonds is 3. The number of hydrogen-bond donors (Lipinski definition) is 1. The molecule has 5 nitrogen and oxygen atoms in total. The van der Waals surface area contributed by atoms with Crippen LogP contribution in [0.2, 0.25) is 0 Å². The lowest BCUT2D eigenvalue weighted by Gasteiger charge is -1.93. The predicted molar refractivity (Wildman–Crippen MR) is 24.3 cm³/mol.